The van der Waals surface area contributed by atoms with Gasteiger partial charge in [0.05, 0.1) is 11.1 Å². The molecule has 0 nitrogen and oxygen atoms in total. The van der Waals surface area contributed by atoms with Gasteiger partial charge in [0.25, 0.3) is 6.43 Å². The van der Waals surface area contributed by atoms with Gasteiger partial charge in [-0.15, -0.1) is 0 Å². The lowest BCUT2D eigenvalue weighted by atomic mass is 10.1. The van der Waals surface area contributed by atoms with Crippen molar-refractivity contribution in [2.24, 2.45) is 5.92 Å². The number of rotatable bonds is 5. The number of hydrogen-bond acceptors (Lipinski definition) is 0. The van der Waals surface area contributed by atoms with Crippen LogP contribution in [-0.2, 0) is 12.4 Å². The molecule has 2 aliphatic rings. The van der Waals surface area contributed by atoms with Gasteiger partial charge < -0.3 is 0 Å². The fourth-order valence-electron chi connectivity index (χ4n) is 4.98. The number of alkyl halides is 8. The molecule has 2 fully saturated rings. The van der Waals surface area contributed by atoms with Gasteiger partial charge in [-0.25, -0.2) is 8.78 Å². The van der Waals surface area contributed by atoms with E-state index in [9.17, 15) is 35.1 Å². The Morgan fingerprint density at radius 3 is 1.78 bits per heavy atom. The second-order valence-corrected chi connectivity index (χ2v) is 11.7. The van der Waals surface area contributed by atoms with Gasteiger partial charge >= 0.3 is 12.4 Å². The summed E-state index contributed by atoms with van der Waals surface area (Å²) in [5.41, 5.74) is -3.30. The van der Waals surface area contributed by atoms with E-state index >= 15 is 0 Å². The number of halogens is 8. The maximum absolute atomic E-state index is 13.4. The van der Waals surface area contributed by atoms with Gasteiger partial charge in [-0.3, -0.25) is 0 Å². The molecule has 0 N–H and O–H groups in total. The molecule has 0 bridgehead atoms. The van der Waals surface area contributed by atoms with E-state index in [0.29, 0.717) is 11.7 Å². The van der Waals surface area contributed by atoms with E-state index in [1.807, 2.05) is 6.42 Å². The minimum absolute atomic E-state index is 0.00908. The van der Waals surface area contributed by atoms with Crippen molar-refractivity contribution >= 4 is 18.5 Å². The van der Waals surface area contributed by atoms with E-state index < -0.39 is 37.8 Å². The van der Waals surface area contributed by atoms with Crippen molar-refractivity contribution in [2.75, 3.05) is 0 Å². The average molecular weight is 537 g/mol. The van der Waals surface area contributed by atoms with Crippen LogP contribution in [0.3, 0.4) is 0 Å². The summed E-state index contributed by atoms with van der Waals surface area (Å²) in [4.78, 5) is 0. The Balaban J connectivity index is 0.000000642. The Kier molecular flexibility index (Phi) is 9.81. The minimum atomic E-state index is -4.96. The minimum Gasteiger partial charge on any atom is -0.205 e. The summed E-state index contributed by atoms with van der Waals surface area (Å²) in [5.74, 6) is -0.00908. The number of hydrogen-bond donors (Lipinski definition) is 0. The van der Waals surface area contributed by atoms with Gasteiger partial charge in [-0.2, -0.15) is 26.3 Å². The van der Waals surface area contributed by atoms with E-state index in [4.69, 9.17) is 0 Å². The second kappa shape index (κ2) is 12.2. The van der Waals surface area contributed by atoms with Crippen LogP contribution in [0.1, 0.15) is 81.4 Å². The lowest BCUT2D eigenvalue weighted by Crippen LogP contribution is -2.27. The fraction of sp³-hybridized carbons (Fsp3) is 0.519. The Morgan fingerprint density at radius 1 is 0.750 bits per heavy atom. The first-order valence-corrected chi connectivity index (χ1v) is 13.6. The van der Waals surface area contributed by atoms with Crippen LogP contribution in [-0.4, -0.2) is 5.66 Å². The van der Waals surface area contributed by atoms with Gasteiger partial charge in [0.2, 0.25) is 0 Å². The van der Waals surface area contributed by atoms with Crippen molar-refractivity contribution in [1.82, 2.24) is 0 Å². The molecule has 0 heterocycles. The van der Waals surface area contributed by atoms with E-state index in [2.05, 4.69) is 0 Å². The van der Waals surface area contributed by atoms with Crippen molar-refractivity contribution in [3.05, 3.63) is 65.6 Å². The zero-order valence-electron chi connectivity index (χ0n) is 20.0. The van der Waals surface area contributed by atoms with Gasteiger partial charge in [-0.05, 0) is 73.6 Å². The SMILES string of the molecule is C1CCCC1.C[CH][C@H]1CCCC1P(c1cccc(C(F)F)c1)c1cc(C(F)(F)F)cc(C(F)(F)F)c1. The molecular weight excluding hydrogens is 507 g/mol. The fourth-order valence-corrected chi connectivity index (χ4v) is 8.28. The molecule has 36 heavy (non-hydrogen) atoms. The molecule has 0 spiro atoms. The molecule has 9 heteroatoms. The molecule has 2 unspecified atom stereocenters. The first-order chi connectivity index (χ1) is 16.9. The van der Waals surface area contributed by atoms with Crippen LogP contribution in [0.15, 0.2) is 42.5 Å². The van der Waals surface area contributed by atoms with Gasteiger partial charge in [0, 0.05) is 5.56 Å². The molecule has 2 saturated carbocycles. The molecule has 3 atom stereocenters. The highest BCUT2D eigenvalue weighted by Crippen LogP contribution is 2.52. The van der Waals surface area contributed by atoms with Crippen molar-refractivity contribution in [2.45, 2.75) is 82.7 Å². The molecule has 2 aromatic rings. The van der Waals surface area contributed by atoms with E-state index in [-0.39, 0.29) is 28.5 Å². The van der Waals surface area contributed by atoms with Crippen LogP contribution in [0, 0.1) is 12.3 Å². The van der Waals surface area contributed by atoms with E-state index in [1.165, 1.54) is 56.4 Å². The lowest BCUT2D eigenvalue weighted by molar-refractivity contribution is -0.142. The molecule has 0 saturated heterocycles. The summed E-state index contributed by atoms with van der Waals surface area (Å²) in [7, 11) is -1.73. The first-order valence-electron chi connectivity index (χ1n) is 12.2. The number of benzene rings is 2. The molecular formula is C27H30F8P. The monoisotopic (exact) mass is 537 g/mol. The molecule has 0 aliphatic heterocycles. The predicted octanol–water partition coefficient (Wildman–Crippen LogP) is 9.44. The van der Waals surface area contributed by atoms with Crippen LogP contribution in [0.5, 0.6) is 0 Å². The Hall–Kier alpha value is -1.69. The first kappa shape index (κ1) is 28.9. The highest BCUT2D eigenvalue weighted by Gasteiger charge is 2.40. The van der Waals surface area contributed by atoms with Gasteiger partial charge in [0.1, 0.15) is 0 Å². The standard InChI is InChI=1S/C22H20F8P.C5H10/c1-2-13-5-4-8-19(13)31(17-7-3-6-14(9-17)20(23)24)18-11-15(21(25,26)27)10-16(12-18)22(28,29)30;1-2-4-5-3-1/h2-3,6-7,9-13,19-20H,4-5,8H2,1H3;1-5H2/t13-,19?,31?;/m0./s1. The summed E-state index contributed by atoms with van der Waals surface area (Å²) in [6.07, 6.45) is -1.17. The van der Waals surface area contributed by atoms with Crippen molar-refractivity contribution in [1.29, 1.82) is 0 Å². The molecule has 2 aromatic carbocycles. The third kappa shape index (κ3) is 7.43. The van der Waals surface area contributed by atoms with Crippen LogP contribution < -0.4 is 10.6 Å². The van der Waals surface area contributed by atoms with Crippen molar-refractivity contribution < 1.29 is 35.1 Å². The van der Waals surface area contributed by atoms with Crippen molar-refractivity contribution in [3.63, 3.8) is 0 Å². The molecule has 199 valence electrons. The largest absolute Gasteiger partial charge is 0.416 e. The summed E-state index contributed by atoms with van der Waals surface area (Å²) >= 11 is 0. The normalized spacial score (nSPS) is 21.4. The third-order valence-electron chi connectivity index (χ3n) is 6.79. The zero-order valence-corrected chi connectivity index (χ0v) is 20.9. The third-order valence-corrected chi connectivity index (χ3v) is 9.75. The van der Waals surface area contributed by atoms with Crippen molar-refractivity contribution in [3.8, 4) is 0 Å². The molecule has 4 rings (SSSR count). The maximum atomic E-state index is 13.4. The Morgan fingerprint density at radius 2 is 1.31 bits per heavy atom. The molecule has 1 radical (unpaired) electrons. The van der Waals surface area contributed by atoms with Gasteiger partial charge in [-0.1, -0.05) is 63.6 Å². The summed E-state index contributed by atoms with van der Waals surface area (Å²) in [6, 6.07) is 6.93. The maximum Gasteiger partial charge on any atom is 0.416 e. The van der Waals surface area contributed by atoms with E-state index in [1.54, 1.807) is 6.92 Å². The Labute approximate surface area is 208 Å². The summed E-state index contributed by atoms with van der Waals surface area (Å²) in [6.45, 7) is 1.80. The van der Waals surface area contributed by atoms with E-state index in [0.717, 1.165) is 25.0 Å². The smallest absolute Gasteiger partial charge is 0.205 e. The average Bonchev–Trinajstić information content (AvgIpc) is 3.54. The molecule has 0 aromatic heterocycles. The molecule has 2 aliphatic carbocycles. The van der Waals surface area contributed by atoms with Crippen LogP contribution >= 0.6 is 7.92 Å². The Bertz CT molecular complexity index is 939. The topological polar surface area (TPSA) is 0 Å². The summed E-state index contributed by atoms with van der Waals surface area (Å²) < 4.78 is 107. The second-order valence-electron chi connectivity index (χ2n) is 9.29. The zero-order chi connectivity index (χ0) is 26.5. The quantitative estimate of drug-likeness (QED) is 0.263. The van der Waals surface area contributed by atoms with Crippen LogP contribution in [0.4, 0.5) is 35.1 Å². The highest BCUT2D eigenvalue weighted by atomic mass is 31.1. The molecule has 0 amide bonds. The van der Waals surface area contributed by atoms with Crippen LogP contribution in [0.25, 0.3) is 0 Å². The summed E-state index contributed by atoms with van der Waals surface area (Å²) in [5, 5.41) is 0.265. The van der Waals surface area contributed by atoms with Gasteiger partial charge in [0.15, 0.2) is 0 Å². The predicted molar refractivity (Wildman–Crippen MR) is 128 cm³/mol. The highest BCUT2D eigenvalue weighted by molar-refractivity contribution is 7.73. The van der Waals surface area contributed by atoms with Crippen LogP contribution in [0.2, 0.25) is 0 Å². The lowest BCUT2D eigenvalue weighted by Gasteiger charge is -2.31.